The topological polar surface area (TPSA) is 59.1 Å². The number of nitrogens with zero attached hydrogens (tertiary/aromatic N) is 2. The molecular weight excluding hydrogens is 357 g/mol. The number of hydrogen-bond donors (Lipinski definition) is 2. The SMILES string of the molecule is COc1ccc(CNc2nccc(Nc3ccc(C(F)(F)F)cc3)n2)cc1. The standard InChI is InChI=1S/C19H17F3N4O/c1-27-16-8-2-13(3-9-16)12-24-18-23-11-10-17(26-18)25-15-6-4-14(5-7-15)19(20,21)22/h2-11H,12H2,1H3,(H2,23,24,25,26). The van der Waals surface area contributed by atoms with Gasteiger partial charge in [-0.05, 0) is 48.0 Å². The summed E-state index contributed by atoms with van der Waals surface area (Å²) in [6.07, 6.45) is -2.79. The Morgan fingerprint density at radius 1 is 0.963 bits per heavy atom. The molecular formula is C19H17F3N4O. The van der Waals surface area contributed by atoms with Crippen LogP contribution in [-0.4, -0.2) is 17.1 Å². The zero-order valence-corrected chi connectivity index (χ0v) is 14.4. The van der Waals surface area contributed by atoms with Crippen molar-refractivity contribution in [2.75, 3.05) is 17.7 Å². The Labute approximate surface area is 154 Å². The van der Waals surface area contributed by atoms with Gasteiger partial charge in [0.05, 0.1) is 12.7 Å². The van der Waals surface area contributed by atoms with Crippen molar-refractivity contribution in [3.8, 4) is 5.75 Å². The lowest BCUT2D eigenvalue weighted by molar-refractivity contribution is -0.137. The van der Waals surface area contributed by atoms with Gasteiger partial charge in [-0.2, -0.15) is 18.2 Å². The summed E-state index contributed by atoms with van der Waals surface area (Å²) in [5, 5.41) is 6.06. The van der Waals surface area contributed by atoms with Crippen molar-refractivity contribution < 1.29 is 17.9 Å². The molecule has 0 radical (unpaired) electrons. The molecule has 0 atom stereocenters. The maximum atomic E-state index is 12.6. The lowest BCUT2D eigenvalue weighted by Crippen LogP contribution is -2.06. The highest BCUT2D eigenvalue weighted by atomic mass is 19.4. The molecule has 2 aromatic carbocycles. The van der Waals surface area contributed by atoms with E-state index >= 15 is 0 Å². The molecule has 0 bridgehead atoms. The van der Waals surface area contributed by atoms with E-state index in [0.717, 1.165) is 23.4 Å². The second kappa shape index (κ2) is 7.94. The van der Waals surface area contributed by atoms with E-state index in [1.54, 1.807) is 19.4 Å². The number of ether oxygens (including phenoxy) is 1. The first-order chi connectivity index (χ1) is 12.9. The molecule has 0 fully saturated rings. The number of hydrogen-bond acceptors (Lipinski definition) is 5. The van der Waals surface area contributed by atoms with Crippen LogP contribution in [0.1, 0.15) is 11.1 Å². The first-order valence-corrected chi connectivity index (χ1v) is 8.08. The van der Waals surface area contributed by atoms with E-state index in [1.807, 2.05) is 24.3 Å². The molecule has 0 aliphatic heterocycles. The number of rotatable bonds is 6. The van der Waals surface area contributed by atoms with E-state index < -0.39 is 11.7 Å². The highest BCUT2D eigenvalue weighted by Crippen LogP contribution is 2.30. The molecule has 1 heterocycles. The molecule has 3 aromatic rings. The van der Waals surface area contributed by atoms with E-state index in [2.05, 4.69) is 20.6 Å². The fourth-order valence-corrected chi connectivity index (χ4v) is 2.33. The average molecular weight is 374 g/mol. The Kier molecular flexibility index (Phi) is 5.44. The number of methoxy groups -OCH3 is 1. The summed E-state index contributed by atoms with van der Waals surface area (Å²) in [6, 6.07) is 14.0. The van der Waals surface area contributed by atoms with E-state index in [9.17, 15) is 13.2 Å². The van der Waals surface area contributed by atoms with E-state index in [4.69, 9.17) is 4.74 Å². The monoisotopic (exact) mass is 374 g/mol. The van der Waals surface area contributed by atoms with Crippen LogP contribution in [0.3, 0.4) is 0 Å². The van der Waals surface area contributed by atoms with Crippen molar-refractivity contribution in [2.24, 2.45) is 0 Å². The lowest BCUT2D eigenvalue weighted by Gasteiger charge is -2.10. The number of halogens is 3. The third kappa shape index (κ3) is 5.10. The van der Waals surface area contributed by atoms with Crippen molar-refractivity contribution in [3.05, 3.63) is 71.9 Å². The molecule has 5 nitrogen and oxygen atoms in total. The van der Waals surface area contributed by atoms with Gasteiger partial charge in [0.15, 0.2) is 0 Å². The van der Waals surface area contributed by atoms with Crippen molar-refractivity contribution in [3.63, 3.8) is 0 Å². The summed E-state index contributed by atoms with van der Waals surface area (Å²) < 4.78 is 42.9. The number of anilines is 3. The molecule has 8 heteroatoms. The summed E-state index contributed by atoms with van der Waals surface area (Å²) in [5.41, 5.74) is 0.834. The first kappa shape index (κ1) is 18.5. The summed E-state index contributed by atoms with van der Waals surface area (Å²) >= 11 is 0. The molecule has 2 N–H and O–H groups in total. The molecule has 1 aromatic heterocycles. The largest absolute Gasteiger partial charge is 0.497 e. The predicted molar refractivity (Wildman–Crippen MR) is 97.1 cm³/mol. The van der Waals surface area contributed by atoms with E-state index in [-0.39, 0.29) is 0 Å². The minimum Gasteiger partial charge on any atom is -0.497 e. The molecule has 0 unspecified atom stereocenters. The minimum absolute atomic E-state index is 0.405. The van der Waals surface area contributed by atoms with Gasteiger partial charge in [0.2, 0.25) is 5.95 Å². The smallest absolute Gasteiger partial charge is 0.416 e. The van der Waals surface area contributed by atoms with Gasteiger partial charge in [-0.25, -0.2) is 4.98 Å². The number of alkyl halides is 3. The number of benzene rings is 2. The molecule has 0 aliphatic rings. The predicted octanol–water partition coefficient (Wildman–Crippen LogP) is 4.86. The third-order valence-electron chi connectivity index (χ3n) is 3.75. The molecule has 3 rings (SSSR count). The van der Waals surface area contributed by atoms with Gasteiger partial charge in [0.25, 0.3) is 0 Å². The van der Waals surface area contributed by atoms with Crippen LogP contribution < -0.4 is 15.4 Å². The number of nitrogens with one attached hydrogen (secondary N) is 2. The molecule has 0 spiro atoms. The first-order valence-electron chi connectivity index (χ1n) is 8.08. The summed E-state index contributed by atoms with van der Waals surface area (Å²) in [6.45, 7) is 0.522. The second-order valence-electron chi connectivity index (χ2n) is 5.67. The molecule has 0 aliphatic carbocycles. The molecule has 0 saturated heterocycles. The van der Waals surface area contributed by atoms with Gasteiger partial charge in [0.1, 0.15) is 11.6 Å². The van der Waals surface area contributed by atoms with Gasteiger partial charge in [-0.3, -0.25) is 0 Å². The van der Waals surface area contributed by atoms with Crippen molar-refractivity contribution in [1.82, 2.24) is 9.97 Å². The molecule has 0 saturated carbocycles. The van der Waals surface area contributed by atoms with E-state index in [0.29, 0.717) is 24.0 Å². The number of aromatic nitrogens is 2. The van der Waals surface area contributed by atoms with Crippen LogP contribution in [0.4, 0.5) is 30.6 Å². The van der Waals surface area contributed by atoms with Gasteiger partial charge >= 0.3 is 6.18 Å². The average Bonchev–Trinajstić information content (AvgIpc) is 2.67. The fraction of sp³-hybridized carbons (Fsp3) is 0.158. The Morgan fingerprint density at radius 3 is 2.30 bits per heavy atom. The quantitative estimate of drug-likeness (QED) is 0.645. The Bertz CT molecular complexity index is 881. The van der Waals surface area contributed by atoms with Crippen LogP contribution >= 0.6 is 0 Å². The Morgan fingerprint density at radius 2 is 1.67 bits per heavy atom. The van der Waals surface area contributed by atoms with Crippen LogP contribution in [0.2, 0.25) is 0 Å². The Hall–Kier alpha value is -3.29. The van der Waals surface area contributed by atoms with Gasteiger partial charge < -0.3 is 15.4 Å². The van der Waals surface area contributed by atoms with Crippen LogP contribution in [0.5, 0.6) is 5.75 Å². The third-order valence-corrected chi connectivity index (χ3v) is 3.75. The van der Waals surface area contributed by atoms with Crippen molar-refractivity contribution in [2.45, 2.75) is 12.7 Å². The summed E-state index contributed by atoms with van der Waals surface area (Å²) in [7, 11) is 1.61. The summed E-state index contributed by atoms with van der Waals surface area (Å²) in [5.74, 6) is 1.66. The maximum Gasteiger partial charge on any atom is 0.416 e. The van der Waals surface area contributed by atoms with Gasteiger partial charge in [-0.15, -0.1) is 0 Å². The lowest BCUT2D eigenvalue weighted by atomic mass is 10.2. The van der Waals surface area contributed by atoms with Crippen molar-refractivity contribution in [1.29, 1.82) is 0 Å². The highest BCUT2D eigenvalue weighted by molar-refractivity contribution is 5.57. The fourth-order valence-electron chi connectivity index (χ4n) is 2.33. The zero-order chi connectivity index (χ0) is 19.3. The molecule has 27 heavy (non-hydrogen) atoms. The van der Waals surface area contributed by atoms with Crippen LogP contribution in [0, 0.1) is 0 Å². The van der Waals surface area contributed by atoms with Crippen LogP contribution in [-0.2, 0) is 12.7 Å². The summed E-state index contributed by atoms with van der Waals surface area (Å²) in [4.78, 5) is 8.45. The Balaban J connectivity index is 1.62. The minimum atomic E-state index is -4.36. The highest BCUT2D eigenvalue weighted by Gasteiger charge is 2.29. The normalized spacial score (nSPS) is 11.1. The van der Waals surface area contributed by atoms with Crippen LogP contribution in [0.25, 0.3) is 0 Å². The van der Waals surface area contributed by atoms with E-state index in [1.165, 1.54) is 12.1 Å². The molecule has 140 valence electrons. The van der Waals surface area contributed by atoms with Gasteiger partial charge in [0, 0.05) is 18.4 Å². The van der Waals surface area contributed by atoms with Gasteiger partial charge in [-0.1, -0.05) is 12.1 Å². The second-order valence-corrected chi connectivity index (χ2v) is 5.67. The zero-order valence-electron chi connectivity index (χ0n) is 14.4. The van der Waals surface area contributed by atoms with Crippen LogP contribution in [0.15, 0.2) is 60.8 Å². The van der Waals surface area contributed by atoms with Crippen molar-refractivity contribution >= 4 is 17.5 Å². The molecule has 0 amide bonds. The maximum absolute atomic E-state index is 12.6.